The van der Waals surface area contributed by atoms with Gasteiger partial charge < -0.3 is 15.4 Å². The van der Waals surface area contributed by atoms with Crippen LogP contribution in [0.5, 0.6) is 5.75 Å². The number of carbonyl (C=O) groups excluding carboxylic acids is 1. The van der Waals surface area contributed by atoms with Gasteiger partial charge in [-0.05, 0) is 49.9 Å². The summed E-state index contributed by atoms with van der Waals surface area (Å²) in [6.45, 7) is 0.977. The molecule has 1 aliphatic rings. The summed E-state index contributed by atoms with van der Waals surface area (Å²) >= 11 is 0. The van der Waals surface area contributed by atoms with Crippen molar-refractivity contribution in [2.45, 2.75) is 31.7 Å². The molecule has 3 rings (SSSR count). The van der Waals surface area contributed by atoms with Gasteiger partial charge in [-0.2, -0.15) is 5.26 Å². The summed E-state index contributed by atoms with van der Waals surface area (Å²) in [6.07, 6.45) is 5.16. The van der Waals surface area contributed by atoms with E-state index in [1.165, 1.54) is 0 Å². The number of carbonyl (C=O) groups is 1. The highest BCUT2D eigenvalue weighted by molar-refractivity contribution is 5.78. The second kappa shape index (κ2) is 9.58. The lowest BCUT2D eigenvalue weighted by atomic mass is 9.85. The summed E-state index contributed by atoms with van der Waals surface area (Å²) in [4.78, 5) is 16.6. The highest BCUT2D eigenvalue weighted by Gasteiger charge is 2.26. The lowest BCUT2D eigenvalue weighted by Crippen LogP contribution is -2.37. The molecule has 0 spiro atoms. The average Bonchev–Trinajstić information content (AvgIpc) is 2.72. The molecule has 1 saturated carbocycles. The van der Waals surface area contributed by atoms with E-state index in [0.29, 0.717) is 18.7 Å². The van der Waals surface area contributed by atoms with Crippen LogP contribution in [-0.4, -0.2) is 30.1 Å². The van der Waals surface area contributed by atoms with E-state index in [0.717, 1.165) is 37.3 Å². The number of nitriles is 1. The Balaban J connectivity index is 1.35. The number of pyridine rings is 1. The smallest absolute Gasteiger partial charge is 0.223 e. The number of amides is 1. The summed E-state index contributed by atoms with van der Waals surface area (Å²) in [5.74, 6) is 1.69. The zero-order chi connectivity index (χ0) is 18.9. The molecule has 27 heavy (non-hydrogen) atoms. The molecule has 0 aliphatic heterocycles. The van der Waals surface area contributed by atoms with Crippen molar-refractivity contribution in [3.63, 3.8) is 0 Å². The van der Waals surface area contributed by atoms with Crippen molar-refractivity contribution in [1.29, 1.82) is 5.26 Å². The van der Waals surface area contributed by atoms with Crippen LogP contribution >= 0.6 is 0 Å². The van der Waals surface area contributed by atoms with Gasteiger partial charge in [0.1, 0.15) is 18.2 Å². The number of anilines is 1. The van der Waals surface area contributed by atoms with Crippen molar-refractivity contribution in [3.05, 3.63) is 54.2 Å². The molecular formula is C21H24N4O2. The number of ether oxygens (including phenoxy) is 1. The van der Waals surface area contributed by atoms with Gasteiger partial charge in [0, 0.05) is 18.2 Å². The Kier molecular flexibility index (Phi) is 6.64. The first kappa shape index (κ1) is 18.7. The number of hydrogen-bond acceptors (Lipinski definition) is 5. The zero-order valence-electron chi connectivity index (χ0n) is 15.2. The largest absolute Gasteiger partial charge is 0.492 e. The maximum Gasteiger partial charge on any atom is 0.223 e. The van der Waals surface area contributed by atoms with Crippen molar-refractivity contribution in [2.24, 2.45) is 5.92 Å². The van der Waals surface area contributed by atoms with Crippen molar-refractivity contribution < 1.29 is 9.53 Å². The molecule has 0 unspecified atom stereocenters. The van der Waals surface area contributed by atoms with Crippen LogP contribution in [0.25, 0.3) is 0 Å². The minimum Gasteiger partial charge on any atom is -0.492 e. The van der Waals surface area contributed by atoms with E-state index in [1.54, 1.807) is 18.3 Å². The molecule has 0 atom stereocenters. The van der Waals surface area contributed by atoms with Crippen LogP contribution in [0.3, 0.4) is 0 Å². The van der Waals surface area contributed by atoms with Crippen LogP contribution < -0.4 is 15.4 Å². The van der Waals surface area contributed by atoms with E-state index in [-0.39, 0.29) is 17.9 Å². The first-order valence-corrected chi connectivity index (χ1v) is 9.33. The third kappa shape index (κ3) is 5.71. The Morgan fingerprint density at radius 2 is 1.96 bits per heavy atom. The van der Waals surface area contributed by atoms with E-state index in [9.17, 15) is 4.79 Å². The van der Waals surface area contributed by atoms with Crippen molar-refractivity contribution in [1.82, 2.24) is 10.3 Å². The fourth-order valence-electron chi connectivity index (χ4n) is 3.29. The van der Waals surface area contributed by atoms with Gasteiger partial charge in [0.15, 0.2) is 0 Å². The van der Waals surface area contributed by atoms with Crippen LogP contribution in [0.1, 0.15) is 31.2 Å². The minimum atomic E-state index is 0.0539. The van der Waals surface area contributed by atoms with E-state index in [2.05, 4.69) is 21.7 Å². The summed E-state index contributed by atoms with van der Waals surface area (Å²) in [7, 11) is 0. The molecule has 140 valence electrons. The second-order valence-electron chi connectivity index (χ2n) is 6.69. The van der Waals surface area contributed by atoms with Crippen LogP contribution in [0, 0.1) is 17.2 Å². The van der Waals surface area contributed by atoms with Crippen molar-refractivity contribution in [3.8, 4) is 11.8 Å². The average molecular weight is 364 g/mol. The van der Waals surface area contributed by atoms with E-state index in [1.807, 2.05) is 30.3 Å². The molecule has 1 heterocycles. The minimum absolute atomic E-state index is 0.0539. The Morgan fingerprint density at radius 3 is 2.70 bits per heavy atom. The van der Waals surface area contributed by atoms with E-state index >= 15 is 0 Å². The number of hydrogen-bond donors (Lipinski definition) is 2. The predicted octanol–water partition coefficient (Wildman–Crippen LogP) is 3.12. The number of benzene rings is 1. The number of para-hydroxylation sites is 1. The van der Waals surface area contributed by atoms with Gasteiger partial charge in [-0.3, -0.25) is 4.79 Å². The Bertz CT molecular complexity index is 780. The Morgan fingerprint density at radius 1 is 1.19 bits per heavy atom. The number of nitrogens with zero attached hydrogens (tertiary/aromatic N) is 2. The first-order chi connectivity index (χ1) is 13.2. The van der Waals surface area contributed by atoms with E-state index in [4.69, 9.17) is 10.00 Å². The molecular weight excluding hydrogens is 340 g/mol. The van der Waals surface area contributed by atoms with Crippen LogP contribution in [0.2, 0.25) is 0 Å². The topological polar surface area (TPSA) is 87.0 Å². The fourth-order valence-corrected chi connectivity index (χ4v) is 3.29. The molecule has 1 aliphatic carbocycles. The van der Waals surface area contributed by atoms with Gasteiger partial charge in [0.2, 0.25) is 5.91 Å². The molecule has 2 aromatic rings. The fraction of sp³-hybridized carbons (Fsp3) is 0.381. The monoisotopic (exact) mass is 364 g/mol. The third-order valence-corrected chi connectivity index (χ3v) is 4.75. The summed E-state index contributed by atoms with van der Waals surface area (Å²) in [6, 6.07) is 15.4. The van der Waals surface area contributed by atoms with Gasteiger partial charge in [-0.1, -0.05) is 18.2 Å². The van der Waals surface area contributed by atoms with Crippen LogP contribution in [0.4, 0.5) is 5.82 Å². The molecule has 0 bridgehead atoms. The molecule has 0 saturated heterocycles. The third-order valence-electron chi connectivity index (χ3n) is 4.75. The maximum absolute atomic E-state index is 12.3. The molecule has 1 aromatic heterocycles. The lowest BCUT2D eigenvalue weighted by molar-refractivity contribution is -0.126. The van der Waals surface area contributed by atoms with Crippen molar-refractivity contribution >= 4 is 11.7 Å². The molecule has 2 N–H and O–H groups in total. The number of aromatic nitrogens is 1. The highest BCUT2D eigenvalue weighted by Crippen LogP contribution is 2.26. The second-order valence-corrected chi connectivity index (χ2v) is 6.69. The van der Waals surface area contributed by atoms with E-state index < -0.39 is 0 Å². The summed E-state index contributed by atoms with van der Waals surface area (Å²) in [5, 5.41) is 15.3. The molecule has 6 nitrogen and oxygen atoms in total. The van der Waals surface area contributed by atoms with Gasteiger partial charge >= 0.3 is 0 Å². The molecule has 1 fully saturated rings. The lowest BCUT2D eigenvalue weighted by Gasteiger charge is -2.28. The standard InChI is InChI=1S/C21H24N4O2/c22-15-16-10-11-23-20(14-16)25-18-8-6-17(7-9-18)21(26)24-12-13-27-19-4-2-1-3-5-19/h1-5,10-11,14,17-18H,6-9,12-13H2,(H,23,25)(H,24,26). The predicted molar refractivity (Wildman–Crippen MR) is 103 cm³/mol. The Labute approximate surface area is 159 Å². The number of rotatable bonds is 7. The summed E-state index contributed by atoms with van der Waals surface area (Å²) < 4.78 is 5.59. The van der Waals surface area contributed by atoms with Crippen LogP contribution in [-0.2, 0) is 4.79 Å². The SMILES string of the molecule is N#Cc1ccnc(NC2CCC(C(=O)NCCOc3ccccc3)CC2)c1. The Hall–Kier alpha value is -3.07. The molecule has 1 amide bonds. The van der Waals surface area contributed by atoms with Crippen molar-refractivity contribution in [2.75, 3.05) is 18.5 Å². The quantitative estimate of drug-likeness (QED) is 0.737. The highest BCUT2D eigenvalue weighted by atomic mass is 16.5. The summed E-state index contributed by atoms with van der Waals surface area (Å²) in [5.41, 5.74) is 0.596. The van der Waals surface area contributed by atoms with Gasteiger partial charge in [0.25, 0.3) is 0 Å². The molecule has 1 aromatic carbocycles. The zero-order valence-corrected chi connectivity index (χ0v) is 15.2. The number of nitrogens with one attached hydrogen (secondary N) is 2. The first-order valence-electron chi connectivity index (χ1n) is 9.33. The normalized spacial score (nSPS) is 18.9. The van der Waals surface area contributed by atoms with Gasteiger partial charge in [0.05, 0.1) is 18.2 Å². The molecule has 0 radical (unpaired) electrons. The molecule has 6 heteroatoms. The maximum atomic E-state index is 12.3. The van der Waals surface area contributed by atoms with Crippen LogP contribution in [0.15, 0.2) is 48.7 Å². The van der Waals surface area contributed by atoms with Gasteiger partial charge in [-0.25, -0.2) is 4.98 Å². The van der Waals surface area contributed by atoms with Gasteiger partial charge in [-0.15, -0.1) is 0 Å².